The molecule has 0 bridgehead atoms. The molecule has 1 aromatic rings. The molecule has 0 aliphatic heterocycles. The SMILES string of the molecule is Nc1cc(S(=O)(=O)[O-])cc([N+](=O)[O-])c1O.[Li+]. The first kappa shape index (κ1) is 14.7. The van der Waals surface area contributed by atoms with E-state index in [2.05, 4.69) is 0 Å². The second kappa shape index (κ2) is 4.71. The molecule has 0 saturated heterocycles. The molecule has 1 rings (SSSR count). The van der Waals surface area contributed by atoms with Crippen molar-refractivity contribution < 1.29 is 41.9 Å². The van der Waals surface area contributed by atoms with Crippen molar-refractivity contribution in [1.82, 2.24) is 0 Å². The normalized spacial score (nSPS) is 10.6. The average Bonchev–Trinajstić information content (AvgIpc) is 2.06. The van der Waals surface area contributed by atoms with Crippen molar-refractivity contribution in [1.29, 1.82) is 0 Å². The van der Waals surface area contributed by atoms with Crippen LogP contribution < -0.4 is 24.6 Å². The summed E-state index contributed by atoms with van der Waals surface area (Å²) in [6.45, 7) is 0. The molecule has 8 nitrogen and oxygen atoms in total. The molecule has 0 aliphatic carbocycles. The second-order valence-corrected chi connectivity index (χ2v) is 3.97. The first-order valence-corrected chi connectivity index (χ1v) is 4.87. The van der Waals surface area contributed by atoms with E-state index in [9.17, 15) is 23.1 Å². The largest absolute Gasteiger partial charge is 1.00 e. The van der Waals surface area contributed by atoms with Crippen LogP contribution in [0.4, 0.5) is 11.4 Å². The van der Waals surface area contributed by atoms with E-state index in [4.69, 9.17) is 10.8 Å². The Morgan fingerprint density at radius 2 is 1.88 bits per heavy atom. The molecule has 0 amide bonds. The van der Waals surface area contributed by atoms with Crippen molar-refractivity contribution in [3.05, 3.63) is 22.2 Å². The van der Waals surface area contributed by atoms with E-state index in [1.165, 1.54) is 0 Å². The molecule has 0 radical (unpaired) electrons. The molecular weight excluding hydrogens is 235 g/mol. The van der Waals surface area contributed by atoms with Gasteiger partial charge in [-0.3, -0.25) is 10.1 Å². The minimum atomic E-state index is -4.84. The Kier molecular flexibility index (Phi) is 4.34. The number of anilines is 1. The van der Waals surface area contributed by atoms with E-state index in [1.807, 2.05) is 0 Å². The van der Waals surface area contributed by atoms with Gasteiger partial charge in [-0.1, -0.05) is 0 Å². The van der Waals surface area contributed by atoms with Gasteiger partial charge in [0, 0.05) is 6.07 Å². The van der Waals surface area contributed by atoms with E-state index < -0.39 is 37.1 Å². The predicted molar refractivity (Wildman–Crippen MR) is 47.1 cm³/mol. The van der Waals surface area contributed by atoms with Crippen LogP contribution in [-0.2, 0) is 10.1 Å². The number of hydrogen-bond donors (Lipinski definition) is 2. The summed E-state index contributed by atoms with van der Waals surface area (Å²) in [6, 6.07) is 1.11. The third-order valence-corrected chi connectivity index (χ3v) is 2.39. The molecule has 0 fully saturated rings. The van der Waals surface area contributed by atoms with Gasteiger partial charge in [0.15, 0.2) is 0 Å². The van der Waals surface area contributed by atoms with Crippen molar-refractivity contribution >= 4 is 21.5 Å². The second-order valence-electron chi connectivity index (χ2n) is 2.59. The number of hydrogen-bond acceptors (Lipinski definition) is 7. The Hall–Kier alpha value is -1.27. The zero-order valence-corrected chi connectivity index (χ0v) is 8.89. The van der Waals surface area contributed by atoms with E-state index in [1.54, 1.807) is 0 Å². The van der Waals surface area contributed by atoms with Crippen molar-refractivity contribution in [2.24, 2.45) is 0 Å². The summed E-state index contributed by atoms with van der Waals surface area (Å²) in [5.41, 5.74) is 3.63. The van der Waals surface area contributed by atoms with Gasteiger partial charge in [-0.05, 0) is 6.07 Å². The van der Waals surface area contributed by atoms with Gasteiger partial charge in [-0.2, -0.15) is 0 Å². The molecule has 0 aliphatic rings. The van der Waals surface area contributed by atoms with Gasteiger partial charge in [0.2, 0.25) is 5.75 Å². The quantitative estimate of drug-likeness (QED) is 0.138. The average molecular weight is 240 g/mol. The maximum absolute atomic E-state index is 10.6. The van der Waals surface area contributed by atoms with Crippen molar-refractivity contribution in [2.45, 2.75) is 4.90 Å². The van der Waals surface area contributed by atoms with Crippen LogP contribution in [0.15, 0.2) is 17.0 Å². The molecule has 1 aromatic carbocycles. The van der Waals surface area contributed by atoms with E-state index in [0.29, 0.717) is 12.1 Å². The summed E-state index contributed by atoms with van der Waals surface area (Å²) in [7, 11) is -4.84. The van der Waals surface area contributed by atoms with Gasteiger partial charge in [0.25, 0.3) is 0 Å². The van der Waals surface area contributed by atoms with Crippen molar-refractivity contribution in [3.8, 4) is 5.75 Å². The van der Waals surface area contributed by atoms with E-state index >= 15 is 0 Å². The van der Waals surface area contributed by atoms with Crippen LogP contribution in [0.25, 0.3) is 0 Å². The van der Waals surface area contributed by atoms with Crippen LogP contribution in [0.1, 0.15) is 0 Å². The number of nitrogen functional groups attached to an aromatic ring is 1. The van der Waals surface area contributed by atoms with Crippen LogP contribution in [-0.4, -0.2) is 23.0 Å². The van der Waals surface area contributed by atoms with Crippen LogP contribution in [0.5, 0.6) is 5.75 Å². The smallest absolute Gasteiger partial charge is 0.744 e. The molecule has 16 heavy (non-hydrogen) atoms. The number of nitrogens with zero attached hydrogens (tertiary/aromatic N) is 1. The summed E-state index contributed by atoms with van der Waals surface area (Å²) in [4.78, 5) is 8.45. The Balaban J connectivity index is 0.00000225. The summed E-state index contributed by atoms with van der Waals surface area (Å²) >= 11 is 0. The van der Waals surface area contributed by atoms with Gasteiger partial charge in [-0.15, -0.1) is 0 Å². The Morgan fingerprint density at radius 3 is 2.25 bits per heavy atom. The molecule has 0 spiro atoms. The van der Waals surface area contributed by atoms with Crippen LogP contribution in [0, 0.1) is 10.1 Å². The third kappa shape index (κ3) is 2.86. The third-order valence-electron chi connectivity index (χ3n) is 1.58. The molecule has 82 valence electrons. The predicted octanol–water partition coefficient (Wildman–Crippen LogP) is -3.21. The van der Waals surface area contributed by atoms with Crippen LogP contribution >= 0.6 is 0 Å². The number of nitrogens with two attached hydrogens (primary N) is 1. The number of nitro groups is 1. The van der Waals surface area contributed by atoms with E-state index in [0.717, 1.165) is 0 Å². The zero-order chi connectivity index (χ0) is 11.8. The molecule has 0 aromatic heterocycles. The van der Waals surface area contributed by atoms with Gasteiger partial charge in [0.05, 0.1) is 15.5 Å². The number of benzene rings is 1. The van der Waals surface area contributed by atoms with Gasteiger partial charge < -0.3 is 15.4 Å². The number of aromatic hydroxyl groups is 1. The van der Waals surface area contributed by atoms with Crippen LogP contribution in [0.3, 0.4) is 0 Å². The number of rotatable bonds is 2. The van der Waals surface area contributed by atoms with E-state index in [-0.39, 0.29) is 18.9 Å². The first-order chi connectivity index (χ1) is 6.73. The maximum Gasteiger partial charge on any atom is 1.00 e. The maximum atomic E-state index is 10.6. The van der Waals surface area contributed by atoms with Crippen molar-refractivity contribution in [3.63, 3.8) is 0 Å². The van der Waals surface area contributed by atoms with Gasteiger partial charge >= 0.3 is 24.5 Å². The molecule has 0 heterocycles. The zero-order valence-electron chi connectivity index (χ0n) is 8.08. The molecule has 0 unspecified atom stereocenters. The summed E-state index contributed by atoms with van der Waals surface area (Å²) in [6.07, 6.45) is 0. The summed E-state index contributed by atoms with van der Waals surface area (Å²) < 4.78 is 31.7. The number of phenols is 1. The standard InChI is InChI=1S/C6H6N2O6S.Li/c7-4-1-3(15(12,13)14)2-5(6(4)9)8(10)11;/h1-2,9H,7H2,(H,12,13,14);/q;+1/p-1. The molecule has 10 heteroatoms. The van der Waals surface area contributed by atoms with Gasteiger partial charge in [0.1, 0.15) is 10.1 Å². The van der Waals surface area contributed by atoms with Crippen LogP contribution in [0.2, 0.25) is 0 Å². The fourth-order valence-electron chi connectivity index (χ4n) is 0.898. The fourth-order valence-corrected chi connectivity index (χ4v) is 1.43. The molecule has 3 N–H and O–H groups in total. The first-order valence-electron chi connectivity index (χ1n) is 3.46. The fraction of sp³-hybridized carbons (Fsp3) is 0. The number of phenolic OH excluding ortho intramolecular Hbond substituents is 1. The van der Waals surface area contributed by atoms with Gasteiger partial charge in [-0.25, -0.2) is 8.42 Å². The minimum Gasteiger partial charge on any atom is -0.744 e. The summed E-state index contributed by atoms with van der Waals surface area (Å²) in [5.74, 6) is -0.868. The summed E-state index contributed by atoms with van der Waals surface area (Å²) in [5, 5.41) is 19.4. The minimum absolute atomic E-state index is 0. The number of nitro benzene ring substituents is 1. The Bertz CT molecular complexity index is 528. The molecular formula is C6H5LiN2O6S. The molecule has 0 saturated carbocycles. The Labute approximate surface area is 102 Å². The van der Waals surface area contributed by atoms with Crippen molar-refractivity contribution in [2.75, 3.05) is 5.73 Å². The Morgan fingerprint density at radius 1 is 1.38 bits per heavy atom. The monoisotopic (exact) mass is 240 g/mol. The molecule has 0 atom stereocenters. The topological polar surface area (TPSA) is 147 Å².